The zero-order valence-electron chi connectivity index (χ0n) is 11.7. The molecule has 102 valence electrons. The molecule has 1 amide bonds. The number of hydrogen-bond acceptors (Lipinski definition) is 4. The molecule has 0 aromatic heterocycles. The van der Waals surface area contributed by atoms with E-state index in [0.717, 1.165) is 6.42 Å². The van der Waals surface area contributed by atoms with Gasteiger partial charge in [-0.1, -0.05) is 20.8 Å². The molecule has 0 aromatic carbocycles. The van der Waals surface area contributed by atoms with Crippen LogP contribution in [0.1, 0.15) is 40.0 Å². The number of amides is 1. The van der Waals surface area contributed by atoms with Crippen LogP contribution in [0.4, 0.5) is 0 Å². The lowest BCUT2D eigenvalue weighted by molar-refractivity contribution is -0.150. The number of nitriles is 1. The molecular formula is C13H22N2O3. The lowest BCUT2D eigenvalue weighted by Crippen LogP contribution is -2.45. The third kappa shape index (κ3) is 3.73. The second-order valence-electron chi connectivity index (χ2n) is 4.20. The van der Waals surface area contributed by atoms with Crippen molar-refractivity contribution >= 4 is 11.9 Å². The summed E-state index contributed by atoms with van der Waals surface area (Å²) < 4.78 is 4.58. The third-order valence-corrected chi connectivity index (χ3v) is 3.16. The van der Waals surface area contributed by atoms with Crippen LogP contribution in [0.2, 0.25) is 0 Å². The van der Waals surface area contributed by atoms with E-state index >= 15 is 0 Å². The molecule has 0 saturated heterocycles. The highest BCUT2D eigenvalue weighted by Gasteiger charge is 2.38. The van der Waals surface area contributed by atoms with Crippen molar-refractivity contribution in [1.29, 1.82) is 5.26 Å². The van der Waals surface area contributed by atoms with Crippen LogP contribution >= 0.6 is 0 Å². The number of nitrogens with zero attached hydrogens (tertiary/aromatic N) is 2. The predicted molar refractivity (Wildman–Crippen MR) is 67.5 cm³/mol. The number of ether oxygens (including phenoxy) is 1. The lowest BCUT2D eigenvalue weighted by Gasteiger charge is -2.30. The zero-order chi connectivity index (χ0) is 14.2. The summed E-state index contributed by atoms with van der Waals surface area (Å²) in [5, 5.41) is 9.24. The Labute approximate surface area is 109 Å². The van der Waals surface area contributed by atoms with E-state index in [1.54, 1.807) is 0 Å². The van der Waals surface area contributed by atoms with E-state index in [0.29, 0.717) is 19.4 Å². The summed E-state index contributed by atoms with van der Waals surface area (Å²) in [5.74, 6) is -0.738. The minimum atomic E-state index is -1.02. The Kier molecular flexibility index (Phi) is 7.03. The van der Waals surface area contributed by atoms with Gasteiger partial charge in [0.1, 0.15) is 12.0 Å². The average molecular weight is 254 g/mol. The average Bonchev–Trinajstić information content (AvgIpc) is 2.40. The molecule has 0 heterocycles. The van der Waals surface area contributed by atoms with Crippen LogP contribution in [-0.2, 0) is 14.3 Å². The van der Waals surface area contributed by atoms with E-state index in [-0.39, 0.29) is 12.5 Å². The van der Waals surface area contributed by atoms with Gasteiger partial charge in [0.25, 0.3) is 0 Å². The number of hydrogen-bond donors (Lipinski definition) is 0. The minimum absolute atomic E-state index is 0.0907. The van der Waals surface area contributed by atoms with E-state index in [9.17, 15) is 14.9 Å². The molecule has 0 aliphatic carbocycles. The summed E-state index contributed by atoms with van der Waals surface area (Å²) in [4.78, 5) is 25.1. The van der Waals surface area contributed by atoms with Crippen molar-refractivity contribution in [3.63, 3.8) is 0 Å². The van der Waals surface area contributed by atoms with Gasteiger partial charge in [-0.3, -0.25) is 9.59 Å². The van der Waals surface area contributed by atoms with E-state index in [1.165, 1.54) is 12.0 Å². The van der Waals surface area contributed by atoms with Crippen LogP contribution in [0.15, 0.2) is 0 Å². The molecule has 0 atom stereocenters. The van der Waals surface area contributed by atoms with E-state index in [4.69, 9.17) is 0 Å². The van der Waals surface area contributed by atoms with Gasteiger partial charge < -0.3 is 9.64 Å². The first-order valence-electron chi connectivity index (χ1n) is 6.28. The predicted octanol–water partition coefficient (Wildman–Crippen LogP) is 1.73. The maximum absolute atomic E-state index is 12.4. The molecule has 5 heteroatoms. The maximum Gasteiger partial charge on any atom is 0.325 e. The monoisotopic (exact) mass is 254 g/mol. The second-order valence-corrected chi connectivity index (χ2v) is 4.20. The van der Waals surface area contributed by atoms with Crippen molar-refractivity contribution in [3.05, 3.63) is 0 Å². The second kappa shape index (κ2) is 7.70. The van der Waals surface area contributed by atoms with Crippen LogP contribution in [0.5, 0.6) is 0 Å². The van der Waals surface area contributed by atoms with Gasteiger partial charge in [-0.25, -0.2) is 0 Å². The first kappa shape index (κ1) is 16.4. The van der Waals surface area contributed by atoms with Gasteiger partial charge in [-0.05, 0) is 19.3 Å². The quantitative estimate of drug-likeness (QED) is 0.649. The van der Waals surface area contributed by atoms with Crippen LogP contribution < -0.4 is 0 Å². The zero-order valence-corrected chi connectivity index (χ0v) is 11.7. The number of carbonyl (C=O) groups is 2. The summed E-state index contributed by atoms with van der Waals surface area (Å²) in [6, 6.07) is 2.10. The van der Waals surface area contributed by atoms with Crippen LogP contribution in [0.25, 0.3) is 0 Å². The van der Waals surface area contributed by atoms with Crippen molar-refractivity contribution < 1.29 is 14.3 Å². The Hall–Kier alpha value is -1.57. The fourth-order valence-electron chi connectivity index (χ4n) is 1.80. The highest BCUT2D eigenvalue weighted by molar-refractivity contribution is 5.88. The van der Waals surface area contributed by atoms with Crippen LogP contribution in [-0.4, -0.2) is 37.0 Å². The van der Waals surface area contributed by atoms with Gasteiger partial charge in [0, 0.05) is 6.54 Å². The number of esters is 1. The van der Waals surface area contributed by atoms with E-state index in [2.05, 4.69) is 10.8 Å². The fraction of sp³-hybridized carbons (Fsp3) is 0.769. The molecule has 0 saturated carbocycles. The van der Waals surface area contributed by atoms with Crippen molar-refractivity contribution in [2.45, 2.75) is 40.0 Å². The van der Waals surface area contributed by atoms with Gasteiger partial charge in [-0.2, -0.15) is 5.26 Å². The van der Waals surface area contributed by atoms with E-state index < -0.39 is 11.4 Å². The molecule has 0 aliphatic rings. The minimum Gasteiger partial charge on any atom is -0.468 e. The molecule has 0 unspecified atom stereocenters. The first-order valence-corrected chi connectivity index (χ1v) is 6.28. The van der Waals surface area contributed by atoms with Crippen molar-refractivity contribution in [2.75, 3.05) is 20.2 Å². The summed E-state index contributed by atoms with van der Waals surface area (Å²) in [5.41, 5.74) is -1.02. The smallest absolute Gasteiger partial charge is 0.325 e. The SMILES string of the molecule is CCCN(CC(=O)OC)C(=O)C(C#N)(CC)CC. The molecule has 5 nitrogen and oxygen atoms in total. The van der Waals surface area contributed by atoms with Crippen LogP contribution in [0.3, 0.4) is 0 Å². The fourth-order valence-corrected chi connectivity index (χ4v) is 1.80. The summed E-state index contributed by atoms with van der Waals surface area (Å²) in [6.07, 6.45) is 1.62. The number of carbonyl (C=O) groups excluding carboxylic acids is 2. The number of methoxy groups -OCH3 is 1. The Bertz CT molecular complexity index is 330. The van der Waals surface area contributed by atoms with Crippen LogP contribution in [0, 0.1) is 16.7 Å². The molecule has 0 bridgehead atoms. The molecule has 0 N–H and O–H groups in total. The maximum atomic E-state index is 12.4. The van der Waals surface area contributed by atoms with Gasteiger partial charge in [0.2, 0.25) is 5.91 Å². The van der Waals surface area contributed by atoms with Gasteiger partial charge in [0.15, 0.2) is 0 Å². The summed E-state index contributed by atoms with van der Waals surface area (Å²) in [7, 11) is 1.29. The molecule has 0 radical (unpaired) electrons. The Balaban J connectivity index is 5.06. The molecule has 0 fully saturated rings. The van der Waals surface area contributed by atoms with Gasteiger partial charge in [-0.15, -0.1) is 0 Å². The van der Waals surface area contributed by atoms with Crippen molar-refractivity contribution in [1.82, 2.24) is 4.90 Å². The largest absolute Gasteiger partial charge is 0.468 e. The summed E-state index contributed by atoms with van der Waals surface area (Å²) in [6.45, 7) is 5.91. The summed E-state index contributed by atoms with van der Waals surface area (Å²) >= 11 is 0. The highest BCUT2D eigenvalue weighted by atomic mass is 16.5. The standard InChI is InChI=1S/C13H22N2O3/c1-5-8-15(9-11(16)18-4)12(17)13(6-2,7-3)10-14/h5-9H2,1-4H3. The Morgan fingerprint density at radius 3 is 2.17 bits per heavy atom. The molecule has 0 aliphatic heterocycles. The van der Waals surface area contributed by atoms with Gasteiger partial charge >= 0.3 is 5.97 Å². The lowest BCUT2D eigenvalue weighted by atomic mass is 9.82. The van der Waals surface area contributed by atoms with Crippen molar-refractivity contribution in [2.24, 2.45) is 5.41 Å². The Morgan fingerprint density at radius 2 is 1.83 bits per heavy atom. The molecule has 18 heavy (non-hydrogen) atoms. The van der Waals surface area contributed by atoms with Gasteiger partial charge in [0.05, 0.1) is 13.2 Å². The van der Waals surface area contributed by atoms with E-state index in [1.807, 2.05) is 20.8 Å². The normalized spacial score (nSPS) is 10.6. The highest BCUT2D eigenvalue weighted by Crippen LogP contribution is 2.28. The topological polar surface area (TPSA) is 70.4 Å². The Morgan fingerprint density at radius 1 is 1.28 bits per heavy atom. The third-order valence-electron chi connectivity index (χ3n) is 3.16. The van der Waals surface area contributed by atoms with Crippen molar-refractivity contribution in [3.8, 4) is 6.07 Å². The number of rotatable bonds is 7. The molecule has 0 rings (SSSR count). The molecule has 0 aromatic rings. The molecule has 0 spiro atoms. The molecular weight excluding hydrogens is 232 g/mol. The first-order chi connectivity index (χ1) is 8.51.